The van der Waals surface area contributed by atoms with Gasteiger partial charge in [-0.05, 0) is 24.1 Å². The van der Waals surface area contributed by atoms with Gasteiger partial charge in [0.2, 0.25) is 11.8 Å². The molecule has 0 bridgehead atoms. The molecule has 8 nitrogen and oxygen atoms in total. The van der Waals surface area contributed by atoms with E-state index in [9.17, 15) is 9.59 Å². The van der Waals surface area contributed by atoms with Gasteiger partial charge in [0.05, 0.1) is 31.8 Å². The number of Topliss-reactive ketones (excluding diaryl/α,β-unsaturated/α-hetero) is 1. The number of carbonyl (C=O) groups excluding carboxylic acids is 2. The highest BCUT2D eigenvalue weighted by Gasteiger charge is 2.21. The summed E-state index contributed by atoms with van der Waals surface area (Å²) in [7, 11) is 3.36. The molecule has 1 amide bonds. The van der Waals surface area contributed by atoms with E-state index in [0.717, 1.165) is 22.5 Å². The van der Waals surface area contributed by atoms with Gasteiger partial charge in [-0.3, -0.25) is 19.6 Å². The highest BCUT2D eigenvalue weighted by atomic mass is 16.5. The number of benzene rings is 1. The Kier molecular flexibility index (Phi) is 6.92. The fourth-order valence-electron chi connectivity index (χ4n) is 3.17. The Labute approximate surface area is 175 Å². The summed E-state index contributed by atoms with van der Waals surface area (Å²) in [6, 6.07) is 14.6. The van der Waals surface area contributed by atoms with Gasteiger partial charge >= 0.3 is 0 Å². The van der Waals surface area contributed by atoms with Crippen molar-refractivity contribution in [2.45, 2.75) is 18.9 Å². The summed E-state index contributed by atoms with van der Waals surface area (Å²) in [5, 5.41) is 7.50. The van der Waals surface area contributed by atoms with Crippen molar-refractivity contribution in [3.8, 4) is 17.1 Å². The van der Waals surface area contributed by atoms with Gasteiger partial charge < -0.3 is 10.5 Å². The number of hydrogen-bond donors (Lipinski definition) is 2. The van der Waals surface area contributed by atoms with Crippen molar-refractivity contribution in [1.29, 1.82) is 0 Å². The highest BCUT2D eigenvalue weighted by molar-refractivity contribution is 5.87. The molecule has 3 N–H and O–H groups in total. The number of ether oxygens (including phenoxy) is 1. The molecule has 30 heavy (non-hydrogen) atoms. The molecule has 0 aliphatic heterocycles. The van der Waals surface area contributed by atoms with Gasteiger partial charge in [-0.2, -0.15) is 5.10 Å². The Morgan fingerprint density at radius 3 is 2.67 bits per heavy atom. The number of primary amides is 1. The van der Waals surface area contributed by atoms with E-state index in [-0.39, 0.29) is 18.7 Å². The lowest BCUT2D eigenvalue weighted by Crippen LogP contribution is -2.43. The first-order valence-electron chi connectivity index (χ1n) is 9.58. The summed E-state index contributed by atoms with van der Waals surface area (Å²) in [5.74, 6) is -0.0494. The topological polar surface area (TPSA) is 112 Å². The van der Waals surface area contributed by atoms with Crippen LogP contribution in [0.4, 0.5) is 0 Å². The Balaban J connectivity index is 1.77. The second-order valence-electron chi connectivity index (χ2n) is 6.96. The lowest BCUT2D eigenvalue weighted by molar-refractivity contribution is -0.121. The molecule has 0 aliphatic carbocycles. The number of aromatic nitrogens is 3. The van der Waals surface area contributed by atoms with Crippen molar-refractivity contribution in [2.75, 3.05) is 13.7 Å². The van der Waals surface area contributed by atoms with Gasteiger partial charge in [0.1, 0.15) is 0 Å². The zero-order valence-electron chi connectivity index (χ0n) is 17.0. The number of aryl methyl sites for hydroxylation is 1. The number of nitrogens with two attached hydrogens (primary N) is 1. The number of hydrogen-bond acceptors (Lipinski definition) is 6. The van der Waals surface area contributed by atoms with Crippen LogP contribution in [-0.4, -0.2) is 46.2 Å². The monoisotopic (exact) mass is 407 g/mol. The molecule has 0 fully saturated rings. The van der Waals surface area contributed by atoms with Crippen molar-refractivity contribution in [3.63, 3.8) is 0 Å². The minimum atomic E-state index is -0.528. The largest absolute Gasteiger partial charge is 0.481 e. The zero-order valence-corrected chi connectivity index (χ0v) is 17.0. The number of amides is 1. The van der Waals surface area contributed by atoms with Crippen molar-refractivity contribution in [1.82, 2.24) is 20.1 Å². The standard InChI is InChI=1S/C22H25N5O3/c1-27-17(12-18(26-27)16-8-9-24-22(11-16)30-2)13-20(28)19(25-14-21(23)29)10-15-6-4-3-5-7-15/h3-9,11-12,19,25H,10,13-14H2,1-2H3,(H2,23,29)/t19-/m0/s1. The lowest BCUT2D eigenvalue weighted by atomic mass is 9.99. The van der Waals surface area contributed by atoms with Crippen LogP contribution < -0.4 is 15.8 Å². The summed E-state index contributed by atoms with van der Waals surface area (Å²) in [6.45, 7) is -0.0588. The van der Waals surface area contributed by atoms with Crippen LogP contribution in [0.3, 0.4) is 0 Å². The van der Waals surface area contributed by atoms with E-state index in [0.29, 0.717) is 12.3 Å². The Morgan fingerprint density at radius 2 is 1.97 bits per heavy atom. The number of nitrogens with zero attached hydrogens (tertiary/aromatic N) is 3. The smallest absolute Gasteiger partial charge is 0.231 e. The zero-order chi connectivity index (χ0) is 21.5. The third kappa shape index (κ3) is 5.51. The third-order valence-corrected chi connectivity index (χ3v) is 4.77. The molecule has 1 aromatic carbocycles. The van der Waals surface area contributed by atoms with Crippen LogP contribution in [0.1, 0.15) is 11.3 Å². The summed E-state index contributed by atoms with van der Waals surface area (Å²) in [5.41, 5.74) is 8.61. The molecule has 2 aromatic heterocycles. The minimum absolute atomic E-state index is 0.0399. The number of pyridine rings is 1. The van der Waals surface area contributed by atoms with Gasteiger partial charge in [-0.1, -0.05) is 30.3 Å². The van der Waals surface area contributed by atoms with Gasteiger partial charge in [0, 0.05) is 30.6 Å². The van der Waals surface area contributed by atoms with E-state index in [4.69, 9.17) is 10.5 Å². The first-order chi connectivity index (χ1) is 14.5. The van der Waals surface area contributed by atoms with Crippen LogP contribution in [0.25, 0.3) is 11.3 Å². The van der Waals surface area contributed by atoms with Crippen LogP contribution >= 0.6 is 0 Å². The average Bonchev–Trinajstić information content (AvgIpc) is 3.12. The maximum Gasteiger partial charge on any atom is 0.231 e. The van der Waals surface area contributed by atoms with Crippen LogP contribution in [-0.2, 0) is 29.5 Å². The normalized spacial score (nSPS) is 11.8. The molecular weight excluding hydrogens is 382 g/mol. The molecule has 1 atom stereocenters. The van der Waals surface area contributed by atoms with Crippen molar-refractivity contribution >= 4 is 11.7 Å². The van der Waals surface area contributed by atoms with Crippen LogP contribution in [0.5, 0.6) is 5.88 Å². The Morgan fingerprint density at radius 1 is 1.20 bits per heavy atom. The second-order valence-corrected chi connectivity index (χ2v) is 6.96. The molecule has 0 radical (unpaired) electrons. The molecule has 8 heteroatoms. The number of nitrogens with one attached hydrogen (secondary N) is 1. The first kappa shape index (κ1) is 21.2. The number of ketones is 1. The summed E-state index contributed by atoms with van der Waals surface area (Å²) < 4.78 is 6.85. The van der Waals surface area contributed by atoms with Gasteiger partial charge in [0.25, 0.3) is 0 Å². The summed E-state index contributed by atoms with van der Waals surface area (Å²) >= 11 is 0. The number of rotatable bonds is 10. The highest BCUT2D eigenvalue weighted by Crippen LogP contribution is 2.22. The van der Waals surface area contributed by atoms with E-state index < -0.39 is 11.9 Å². The van der Waals surface area contributed by atoms with Crippen molar-refractivity contribution in [2.24, 2.45) is 12.8 Å². The maximum absolute atomic E-state index is 13.0. The van der Waals surface area contributed by atoms with Crippen LogP contribution in [0.2, 0.25) is 0 Å². The van der Waals surface area contributed by atoms with Crippen LogP contribution in [0.15, 0.2) is 54.7 Å². The van der Waals surface area contributed by atoms with E-state index in [1.54, 1.807) is 31.1 Å². The fourth-order valence-corrected chi connectivity index (χ4v) is 3.17. The van der Waals surface area contributed by atoms with Gasteiger partial charge in [-0.15, -0.1) is 0 Å². The molecule has 3 aromatic rings. The second kappa shape index (κ2) is 9.80. The molecule has 156 valence electrons. The van der Waals surface area contributed by atoms with E-state index in [1.165, 1.54) is 0 Å². The Hall–Kier alpha value is -3.52. The van der Waals surface area contributed by atoms with E-state index >= 15 is 0 Å². The molecule has 3 rings (SSSR count). The average molecular weight is 407 g/mol. The summed E-state index contributed by atoms with van der Waals surface area (Å²) in [6.07, 6.45) is 2.30. The van der Waals surface area contributed by atoms with Gasteiger partial charge in [-0.25, -0.2) is 4.98 Å². The van der Waals surface area contributed by atoms with Gasteiger partial charge in [0.15, 0.2) is 5.78 Å². The number of methoxy groups -OCH3 is 1. The van der Waals surface area contributed by atoms with Crippen molar-refractivity contribution < 1.29 is 14.3 Å². The maximum atomic E-state index is 13.0. The molecule has 0 saturated carbocycles. The fraction of sp³-hybridized carbons (Fsp3) is 0.273. The van der Waals surface area contributed by atoms with Crippen LogP contribution in [0, 0.1) is 0 Å². The summed E-state index contributed by atoms with van der Waals surface area (Å²) in [4.78, 5) is 28.4. The lowest BCUT2D eigenvalue weighted by Gasteiger charge is -2.17. The SMILES string of the molecule is COc1cc(-c2cc(CC(=O)[C@H](Cc3ccccc3)NCC(N)=O)n(C)n2)ccn1. The Bertz CT molecular complexity index is 1020. The molecule has 0 saturated heterocycles. The van der Waals surface area contributed by atoms with E-state index in [1.807, 2.05) is 42.5 Å². The molecular formula is C22H25N5O3. The number of carbonyl (C=O) groups is 2. The molecule has 0 unspecified atom stereocenters. The predicted molar refractivity (Wildman–Crippen MR) is 113 cm³/mol. The molecule has 2 heterocycles. The molecule has 0 aliphatic rings. The predicted octanol–water partition coefficient (Wildman–Crippen LogP) is 1.29. The third-order valence-electron chi connectivity index (χ3n) is 4.77. The van der Waals surface area contributed by atoms with E-state index in [2.05, 4.69) is 15.4 Å². The van der Waals surface area contributed by atoms with Crippen molar-refractivity contribution in [3.05, 3.63) is 66.0 Å². The first-order valence-corrected chi connectivity index (χ1v) is 9.58. The molecule has 0 spiro atoms. The minimum Gasteiger partial charge on any atom is -0.481 e. The quantitative estimate of drug-likeness (QED) is 0.524.